The Bertz CT molecular complexity index is 260. The molecule has 0 amide bonds. The molecule has 3 N–H and O–H groups in total. The lowest BCUT2D eigenvalue weighted by Crippen LogP contribution is -2.37. The number of hydrogen-bond acceptors (Lipinski definition) is 4. The lowest BCUT2D eigenvalue weighted by Gasteiger charge is -2.07. The molecule has 0 fully saturated rings. The molecule has 0 bridgehead atoms. The Labute approximate surface area is 76.6 Å². The number of rotatable bonds is 6. The smallest absolute Gasteiger partial charge is 0.333 e. The average molecular weight is 211 g/mol. The van der Waals surface area contributed by atoms with Gasteiger partial charge in [-0.1, -0.05) is 6.92 Å². The highest BCUT2D eigenvalue weighted by Crippen LogP contribution is 1.89. The Morgan fingerprint density at radius 2 is 2.08 bits per heavy atom. The highest BCUT2D eigenvalue weighted by atomic mass is 32.2. The first-order valence-electron chi connectivity index (χ1n) is 3.77. The van der Waals surface area contributed by atoms with E-state index in [-0.39, 0.29) is 5.75 Å². The van der Waals surface area contributed by atoms with Gasteiger partial charge < -0.3 is 10.2 Å². The van der Waals surface area contributed by atoms with Crippen LogP contribution in [0.2, 0.25) is 0 Å². The maximum absolute atomic E-state index is 10.9. The van der Waals surface area contributed by atoms with Gasteiger partial charge in [0.2, 0.25) is 10.0 Å². The van der Waals surface area contributed by atoms with Crippen LogP contribution in [0.25, 0.3) is 0 Å². The fraction of sp³-hybridized carbons (Fsp3) is 0.833. The number of sulfonamides is 1. The number of aliphatic hydroxyl groups excluding tert-OH is 1. The molecule has 0 radical (unpaired) electrons. The van der Waals surface area contributed by atoms with E-state index in [1.807, 2.05) is 4.72 Å². The second-order valence-electron chi connectivity index (χ2n) is 2.52. The highest BCUT2D eigenvalue weighted by Gasteiger charge is 2.16. The van der Waals surface area contributed by atoms with Crippen molar-refractivity contribution in [3.63, 3.8) is 0 Å². The summed E-state index contributed by atoms with van der Waals surface area (Å²) in [7, 11) is -3.43. The molecule has 0 rings (SSSR count). The largest absolute Gasteiger partial charge is 0.479 e. The molecule has 1 unspecified atom stereocenters. The fourth-order valence-corrected chi connectivity index (χ4v) is 1.73. The van der Waals surface area contributed by atoms with Crippen LogP contribution in [-0.2, 0) is 14.8 Å². The van der Waals surface area contributed by atoms with Gasteiger partial charge >= 0.3 is 5.97 Å². The normalized spacial score (nSPS) is 14.0. The van der Waals surface area contributed by atoms with Gasteiger partial charge in [-0.15, -0.1) is 0 Å². The van der Waals surface area contributed by atoms with Gasteiger partial charge in [0, 0.05) is 6.54 Å². The van der Waals surface area contributed by atoms with Crippen molar-refractivity contribution in [2.45, 2.75) is 19.4 Å². The van der Waals surface area contributed by atoms with Gasteiger partial charge in [0.05, 0.1) is 5.75 Å². The van der Waals surface area contributed by atoms with Crippen LogP contribution in [0.1, 0.15) is 13.3 Å². The molecule has 0 aliphatic rings. The van der Waals surface area contributed by atoms with Crippen molar-refractivity contribution in [3.8, 4) is 0 Å². The topological polar surface area (TPSA) is 104 Å². The Morgan fingerprint density at radius 1 is 1.54 bits per heavy atom. The van der Waals surface area contributed by atoms with Crippen LogP contribution in [0.5, 0.6) is 0 Å². The standard InChI is InChI=1S/C6H13NO5S/c1-2-3-13(11,12)7-4-5(8)6(9)10/h5,7-8H,2-4H2,1H3,(H,9,10). The SMILES string of the molecule is CCCS(=O)(=O)NCC(O)C(=O)O. The molecule has 78 valence electrons. The van der Waals surface area contributed by atoms with E-state index in [4.69, 9.17) is 10.2 Å². The van der Waals surface area contributed by atoms with E-state index in [1.54, 1.807) is 6.92 Å². The second kappa shape index (κ2) is 5.15. The van der Waals surface area contributed by atoms with Crippen LogP contribution in [-0.4, -0.2) is 43.0 Å². The molecule has 0 aromatic carbocycles. The van der Waals surface area contributed by atoms with Crippen molar-refractivity contribution < 1.29 is 23.4 Å². The van der Waals surface area contributed by atoms with Crippen LogP contribution < -0.4 is 4.72 Å². The third-order valence-electron chi connectivity index (χ3n) is 1.25. The molecule has 0 saturated heterocycles. The Morgan fingerprint density at radius 3 is 2.46 bits per heavy atom. The minimum absolute atomic E-state index is 0.0701. The highest BCUT2D eigenvalue weighted by molar-refractivity contribution is 7.89. The summed E-state index contributed by atoms with van der Waals surface area (Å²) < 4.78 is 23.9. The number of nitrogens with one attached hydrogen (secondary N) is 1. The summed E-state index contributed by atoms with van der Waals surface area (Å²) in [5.74, 6) is -1.52. The lowest BCUT2D eigenvalue weighted by atomic mass is 10.4. The minimum Gasteiger partial charge on any atom is -0.479 e. The Hall–Kier alpha value is -0.660. The summed E-state index contributed by atoms with van der Waals surface area (Å²) in [4.78, 5) is 10.1. The quantitative estimate of drug-likeness (QED) is 0.510. The molecule has 1 atom stereocenters. The van der Waals surface area contributed by atoms with Crippen molar-refractivity contribution in [3.05, 3.63) is 0 Å². The molecule has 6 nitrogen and oxygen atoms in total. The number of hydrogen-bond donors (Lipinski definition) is 3. The van der Waals surface area contributed by atoms with E-state index in [1.165, 1.54) is 0 Å². The van der Waals surface area contributed by atoms with Crippen molar-refractivity contribution >= 4 is 16.0 Å². The Kier molecular flexibility index (Phi) is 4.89. The summed E-state index contributed by atoms with van der Waals surface area (Å²) in [6, 6.07) is 0. The number of aliphatic carboxylic acids is 1. The first-order valence-corrected chi connectivity index (χ1v) is 5.42. The molecule has 0 aromatic heterocycles. The summed E-state index contributed by atoms with van der Waals surface area (Å²) in [5, 5.41) is 17.0. The predicted molar refractivity (Wildman–Crippen MR) is 45.7 cm³/mol. The van der Waals surface area contributed by atoms with Crippen molar-refractivity contribution in [2.75, 3.05) is 12.3 Å². The Balaban J connectivity index is 3.95. The van der Waals surface area contributed by atoms with Crippen LogP contribution in [0.4, 0.5) is 0 Å². The van der Waals surface area contributed by atoms with Gasteiger partial charge in [-0.3, -0.25) is 0 Å². The van der Waals surface area contributed by atoms with Gasteiger partial charge in [-0.05, 0) is 6.42 Å². The molecule has 0 spiro atoms. The molecular formula is C6H13NO5S. The summed E-state index contributed by atoms with van der Waals surface area (Å²) in [5.41, 5.74) is 0. The summed E-state index contributed by atoms with van der Waals surface area (Å²) >= 11 is 0. The monoisotopic (exact) mass is 211 g/mol. The zero-order chi connectivity index (χ0) is 10.5. The van der Waals surface area contributed by atoms with Gasteiger partial charge in [0.25, 0.3) is 0 Å². The molecule has 0 saturated carbocycles. The third kappa shape index (κ3) is 5.56. The number of carbonyl (C=O) groups is 1. The molecule has 0 aliphatic heterocycles. The number of carboxylic acid groups (broad SMARTS) is 1. The minimum atomic E-state index is -3.43. The van der Waals surface area contributed by atoms with Gasteiger partial charge in [0.1, 0.15) is 0 Å². The predicted octanol–water partition coefficient (Wildman–Crippen LogP) is -1.24. The first-order chi connectivity index (χ1) is 5.89. The van der Waals surface area contributed by atoms with E-state index in [9.17, 15) is 13.2 Å². The van der Waals surface area contributed by atoms with Crippen LogP contribution in [0.15, 0.2) is 0 Å². The van der Waals surface area contributed by atoms with E-state index >= 15 is 0 Å². The van der Waals surface area contributed by atoms with E-state index in [0.717, 1.165) is 0 Å². The lowest BCUT2D eigenvalue weighted by molar-refractivity contribution is -0.146. The van der Waals surface area contributed by atoms with Crippen LogP contribution in [0.3, 0.4) is 0 Å². The molecule has 13 heavy (non-hydrogen) atoms. The number of aliphatic hydroxyl groups is 1. The summed E-state index contributed by atoms with van der Waals surface area (Å²) in [6.45, 7) is 1.20. The van der Waals surface area contributed by atoms with E-state index in [0.29, 0.717) is 6.42 Å². The van der Waals surface area contributed by atoms with Crippen molar-refractivity contribution in [1.29, 1.82) is 0 Å². The molecule has 0 aromatic rings. The van der Waals surface area contributed by atoms with Crippen molar-refractivity contribution in [2.24, 2.45) is 0 Å². The molecular weight excluding hydrogens is 198 g/mol. The maximum atomic E-state index is 10.9. The van der Waals surface area contributed by atoms with Gasteiger partial charge in [-0.2, -0.15) is 0 Å². The maximum Gasteiger partial charge on any atom is 0.333 e. The molecule has 7 heteroatoms. The summed E-state index contributed by atoms with van der Waals surface area (Å²) in [6.07, 6.45) is -1.25. The first kappa shape index (κ1) is 12.3. The van der Waals surface area contributed by atoms with Crippen LogP contribution in [0, 0.1) is 0 Å². The van der Waals surface area contributed by atoms with E-state index in [2.05, 4.69) is 0 Å². The number of carboxylic acids is 1. The van der Waals surface area contributed by atoms with Gasteiger partial charge in [0.15, 0.2) is 6.10 Å². The molecule has 0 heterocycles. The second-order valence-corrected chi connectivity index (χ2v) is 4.45. The van der Waals surface area contributed by atoms with Gasteiger partial charge in [-0.25, -0.2) is 17.9 Å². The molecule has 0 aliphatic carbocycles. The van der Waals surface area contributed by atoms with Crippen LogP contribution >= 0.6 is 0 Å². The zero-order valence-electron chi connectivity index (χ0n) is 7.23. The third-order valence-corrected chi connectivity index (χ3v) is 2.81. The zero-order valence-corrected chi connectivity index (χ0v) is 8.04. The average Bonchev–Trinajstić information content (AvgIpc) is 2.00. The fourth-order valence-electron chi connectivity index (χ4n) is 0.634. The van der Waals surface area contributed by atoms with Crippen molar-refractivity contribution in [1.82, 2.24) is 4.72 Å². The van der Waals surface area contributed by atoms with E-state index < -0.39 is 28.6 Å².